The molecule has 0 aliphatic heterocycles. The molecule has 0 saturated carbocycles. The third kappa shape index (κ3) is 6.01. The van der Waals surface area contributed by atoms with Crippen LogP contribution in [0.3, 0.4) is 0 Å². The molecular formula is C17H26FIN4. The number of H-pyrrole nitrogens is 1. The van der Waals surface area contributed by atoms with Crippen molar-refractivity contribution in [2.75, 3.05) is 13.1 Å². The molecule has 128 valence electrons. The smallest absolute Gasteiger partial charge is 0.191 e. The summed E-state index contributed by atoms with van der Waals surface area (Å²) in [5, 5.41) is 7.53. The Kier molecular flexibility index (Phi) is 7.31. The van der Waals surface area contributed by atoms with Crippen LogP contribution in [-0.4, -0.2) is 29.6 Å². The van der Waals surface area contributed by atoms with Crippen LogP contribution >= 0.6 is 24.0 Å². The summed E-state index contributed by atoms with van der Waals surface area (Å²) in [6.07, 6.45) is 2.70. The van der Waals surface area contributed by atoms with Crippen molar-refractivity contribution in [1.82, 2.24) is 15.6 Å². The highest BCUT2D eigenvalue weighted by atomic mass is 127. The fourth-order valence-electron chi connectivity index (χ4n) is 2.31. The second-order valence-corrected chi connectivity index (χ2v) is 6.39. The fraction of sp³-hybridized carbons (Fsp3) is 0.471. The van der Waals surface area contributed by atoms with E-state index in [0.717, 1.165) is 35.4 Å². The van der Waals surface area contributed by atoms with E-state index < -0.39 is 0 Å². The number of aromatic nitrogens is 1. The van der Waals surface area contributed by atoms with Gasteiger partial charge in [-0.2, -0.15) is 0 Å². The van der Waals surface area contributed by atoms with E-state index >= 15 is 0 Å². The average Bonchev–Trinajstić information content (AvgIpc) is 2.80. The van der Waals surface area contributed by atoms with E-state index in [1.165, 1.54) is 6.07 Å². The molecule has 0 aliphatic rings. The summed E-state index contributed by atoms with van der Waals surface area (Å²) in [5.41, 5.74) is 2.01. The van der Waals surface area contributed by atoms with Gasteiger partial charge in [-0.05, 0) is 57.9 Å². The van der Waals surface area contributed by atoms with Gasteiger partial charge in [0.05, 0.1) is 0 Å². The lowest BCUT2D eigenvalue weighted by Crippen LogP contribution is -2.47. The number of aliphatic imine (C=N–C) groups is 1. The number of hydrogen-bond acceptors (Lipinski definition) is 1. The molecule has 0 spiro atoms. The summed E-state index contributed by atoms with van der Waals surface area (Å²) in [5.74, 6) is 0.598. The van der Waals surface area contributed by atoms with Gasteiger partial charge in [-0.3, -0.25) is 4.99 Å². The van der Waals surface area contributed by atoms with Crippen molar-refractivity contribution in [2.45, 2.75) is 39.7 Å². The number of benzene rings is 1. The number of halogens is 2. The van der Waals surface area contributed by atoms with Crippen LogP contribution in [0.2, 0.25) is 0 Å². The highest BCUT2D eigenvalue weighted by Gasteiger charge is 2.11. The van der Waals surface area contributed by atoms with Crippen molar-refractivity contribution in [2.24, 2.45) is 4.99 Å². The van der Waals surface area contributed by atoms with Crippen LogP contribution in [0.25, 0.3) is 10.9 Å². The minimum atomic E-state index is -0.209. The topological polar surface area (TPSA) is 52.2 Å². The van der Waals surface area contributed by atoms with Gasteiger partial charge < -0.3 is 15.6 Å². The van der Waals surface area contributed by atoms with Gasteiger partial charge in [-0.1, -0.05) is 0 Å². The van der Waals surface area contributed by atoms with E-state index in [4.69, 9.17) is 0 Å². The molecule has 23 heavy (non-hydrogen) atoms. The molecule has 0 radical (unpaired) electrons. The van der Waals surface area contributed by atoms with E-state index in [-0.39, 0.29) is 35.3 Å². The Morgan fingerprint density at radius 1 is 1.30 bits per heavy atom. The number of rotatable bonds is 4. The first-order chi connectivity index (χ1) is 10.4. The first-order valence-corrected chi connectivity index (χ1v) is 7.71. The predicted molar refractivity (Wildman–Crippen MR) is 106 cm³/mol. The van der Waals surface area contributed by atoms with Crippen LogP contribution in [-0.2, 0) is 6.42 Å². The summed E-state index contributed by atoms with van der Waals surface area (Å²) >= 11 is 0. The molecule has 0 saturated heterocycles. The molecule has 1 aromatic carbocycles. The van der Waals surface area contributed by atoms with Gasteiger partial charge in [-0.25, -0.2) is 4.39 Å². The van der Waals surface area contributed by atoms with Crippen molar-refractivity contribution < 1.29 is 4.39 Å². The highest BCUT2D eigenvalue weighted by Crippen LogP contribution is 2.19. The fourth-order valence-corrected chi connectivity index (χ4v) is 2.31. The van der Waals surface area contributed by atoms with Crippen LogP contribution in [0.15, 0.2) is 29.4 Å². The third-order valence-electron chi connectivity index (χ3n) is 3.22. The number of aromatic amines is 1. The second-order valence-electron chi connectivity index (χ2n) is 6.39. The maximum absolute atomic E-state index is 13.4. The Morgan fingerprint density at radius 2 is 2.04 bits per heavy atom. The van der Waals surface area contributed by atoms with Crippen molar-refractivity contribution >= 4 is 40.8 Å². The van der Waals surface area contributed by atoms with Crippen molar-refractivity contribution in [1.29, 1.82) is 0 Å². The van der Waals surface area contributed by atoms with Crippen molar-refractivity contribution in [3.63, 3.8) is 0 Å². The van der Waals surface area contributed by atoms with Crippen molar-refractivity contribution in [3.05, 3.63) is 35.8 Å². The average molecular weight is 432 g/mol. The van der Waals surface area contributed by atoms with Crippen LogP contribution in [0.1, 0.15) is 33.3 Å². The normalized spacial score (nSPS) is 12.1. The molecule has 2 aromatic rings. The number of nitrogens with one attached hydrogen (secondary N) is 3. The second kappa shape index (κ2) is 8.52. The molecule has 0 unspecified atom stereocenters. The van der Waals surface area contributed by atoms with Crippen LogP contribution in [0.4, 0.5) is 4.39 Å². The summed E-state index contributed by atoms with van der Waals surface area (Å²) in [6, 6.07) is 4.81. The standard InChI is InChI=1S/C17H25FN4.HI/c1-5-19-16(22-17(2,3)4)20-9-8-12-11-21-15-7-6-13(18)10-14(12)15;/h6-7,10-11,21H,5,8-9H2,1-4H3,(H2,19,20,22);1H. The molecule has 6 heteroatoms. The quantitative estimate of drug-likeness (QED) is 0.391. The van der Waals surface area contributed by atoms with Gasteiger partial charge >= 0.3 is 0 Å². The van der Waals surface area contributed by atoms with Gasteiger partial charge in [-0.15, -0.1) is 24.0 Å². The summed E-state index contributed by atoms with van der Waals surface area (Å²) in [4.78, 5) is 7.76. The number of guanidine groups is 1. The zero-order valence-electron chi connectivity index (χ0n) is 14.2. The first kappa shape index (κ1) is 19.7. The SMILES string of the molecule is CCNC(=NCCc1c[nH]c2ccc(F)cc12)NC(C)(C)C.I. The van der Waals surface area contributed by atoms with Gasteiger partial charge in [0.15, 0.2) is 5.96 Å². The van der Waals surface area contributed by atoms with Gasteiger partial charge in [0.2, 0.25) is 0 Å². The molecule has 0 atom stereocenters. The molecule has 2 rings (SSSR count). The molecule has 4 nitrogen and oxygen atoms in total. The summed E-state index contributed by atoms with van der Waals surface area (Å²) in [7, 11) is 0. The van der Waals surface area contributed by atoms with Crippen LogP contribution in [0, 0.1) is 5.82 Å². The zero-order chi connectivity index (χ0) is 16.2. The maximum atomic E-state index is 13.4. The molecule has 0 fully saturated rings. The predicted octanol–water partition coefficient (Wildman–Crippen LogP) is 3.82. The van der Waals surface area contributed by atoms with Crippen LogP contribution in [0.5, 0.6) is 0 Å². The van der Waals surface area contributed by atoms with Crippen LogP contribution < -0.4 is 10.6 Å². The molecule has 0 aliphatic carbocycles. The van der Waals surface area contributed by atoms with Gasteiger partial charge in [0.1, 0.15) is 5.82 Å². The molecule has 0 amide bonds. The number of nitrogens with zero attached hydrogens (tertiary/aromatic N) is 1. The lowest BCUT2D eigenvalue weighted by molar-refractivity contribution is 0.501. The Hall–Kier alpha value is -1.31. The minimum absolute atomic E-state index is 0. The lowest BCUT2D eigenvalue weighted by atomic mass is 10.1. The molecule has 1 aromatic heterocycles. The Balaban J connectivity index is 0.00000264. The Bertz CT molecular complexity index is 658. The Labute approximate surface area is 154 Å². The van der Waals surface area contributed by atoms with E-state index in [9.17, 15) is 4.39 Å². The van der Waals surface area contributed by atoms with E-state index in [1.807, 2.05) is 13.1 Å². The van der Waals surface area contributed by atoms with Crippen molar-refractivity contribution in [3.8, 4) is 0 Å². The summed E-state index contributed by atoms with van der Waals surface area (Å²) in [6.45, 7) is 9.81. The monoisotopic (exact) mass is 432 g/mol. The zero-order valence-corrected chi connectivity index (χ0v) is 16.5. The number of hydrogen-bond donors (Lipinski definition) is 3. The van der Waals surface area contributed by atoms with E-state index in [0.29, 0.717) is 6.54 Å². The summed E-state index contributed by atoms with van der Waals surface area (Å²) < 4.78 is 13.4. The third-order valence-corrected chi connectivity index (χ3v) is 3.22. The first-order valence-electron chi connectivity index (χ1n) is 7.71. The van der Waals surface area contributed by atoms with E-state index in [2.05, 4.69) is 41.4 Å². The van der Waals surface area contributed by atoms with Gasteiger partial charge in [0.25, 0.3) is 0 Å². The largest absolute Gasteiger partial charge is 0.361 e. The molecular weight excluding hydrogens is 406 g/mol. The van der Waals surface area contributed by atoms with Gasteiger partial charge in [0, 0.05) is 35.7 Å². The minimum Gasteiger partial charge on any atom is -0.361 e. The molecule has 3 N–H and O–H groups in total. The lowest BCUT2D eigenvalue weighted by Gasteiger charge is -2.23. The molecule has 0 bridgehead atoms. The highest BCUT2D eigenvalue weighted by molar-refractivity contribution is 14.0. The molecule has 1 heterocycles. The number of fused-ring (bicyclic) bond motifs is 1. The van der Waals surface area contributed by atoms with E-state index in [1.54, 1.807) is 12.1 Å². The Morgan fingerprint density at radius 3 is 2.70 bits per heavy atom. The maximum Gasteiger partial charge on any atom is 0.191 e.